The maximum atomic E-state index is 12.8. The first-order valence-electron chi connectivity index (χ1n) is 9.12. The summed E-state index contributed by atoms with van der Waals surface area (Å²) in [4.78, 5) is 23.7. The molecule has 0 spiro atoms. The average Bonchev–Trinajstić information content (AvgIpc) is 3.53. The molecule has 0 heterocycles. The molecule has 3 aromatic rings. The molecule has 6 nitrogen and oxygen atoms in total. The van der Waals surface area contributed by atoms with Gasteiger partial charge in [0.15, 0.2) is 0 Å². The summed E-state index contributed by atoms with van der Waals surface area (Å²) in [7, 11) is 0. The van der Waals surface area contributed by atoms with Gasteiger partial charge in [-0.25, -0.2) is 0 Å². The third-order valence-corrected chi connectivity index (χ3v) is 4.65. The SMILES string of the molecule is O=C(Nc1ccccc1-c1ccccc1)c1ccc(NC2CC2)c([N+](=O)[O-])c1. The second-order valence-corrected chi connectivity index (χ2v) is 6.77. The Balaban J connectivity index is 1.61. The molecule has 1 aliphatic carbocycles. The van der Waals surface area contributed by atoms with Crippen molar-refractivity contribution in [1.29, 1.82) is 0 Å². The van der Waals surface area contributed by atoms with Gasteiger partial charge in [-0.1, -0.05) is 48.5 Å². The fourth-order valence-electron chi connectivity index (χ4n) is 3.05. The maximum absolute atomic E-state index is 12.8. The van der Waals surface area contributed by atoms with E-state index >= 15 is 0 Å². The van der Waals surface area contributed by atoms with Crippen LogP contribution in [0.2, 0.25) is 0 Å². The average molecular weight is 373 g/mol. The second kappa shape index (κ2) is 7.52. The van der Waals surface area contributed by atoms with Crippen molar-refractivity contribution in [3.8, 4) is 11.1 Å². The van der Waals surface area contributed by atoms with Gasteiger partial charge >= 0.3 is 0 Å². The molecule has 0 radical (unpaired) electrons. The number of carbonyl (C=O) groups is 1. The molecule has 0 atom stereocenters. The number of hydrogen-bond donors (Lipinski definition) is 2. The van der Waals surface area contributed by atoms with E-state index in [1.54, 1.807) is 12.1 Å². The van der Waals surface area contributed by atoms with Crippen LogP contribution in [-0.4, -0.2) is 16.9 Å². The molecule has 6 heteroatoms. The monoisotopic (exact) mass is 373 g/mol. The lowest BCUT2D eigenvalue weighted by atomic mass is 10.0. The van der Waals surface area contributed by atoms with Crippen LogP contribution >= 0.6 is 0 Å². The molecule has 0 saturated heterocycles. The summed E-state index contributed by atoms with van der Waals surface area (Å²) in [6.45, 7) is 0. The number of benzene rings is 3. The number of para-hydroxylation sites is 1. The zero-order valence-electron chi connectivity index (χ0n) is 15.1. The van der Waals surface area contributed by atoms with Gasteiger partial charge in [0.2, 0.25) is 0 Å². The van der Waals surface area contributed by atoms with Gasteiger partial charge in [0.05, 0.1) is 4.92 Å². The van der Waals surface area contributed by atoms with Crippen molar-refractivity contribution in [3.05, 3.63) is 88.5 Å². The maximum Gasteiger partial charge on any atom is 0.293 e. The van der Waals surface area contributed by atoms with E-state index in [0.29, 0.717) is 11.4 Å². The highest BCUT2D eigenvalue weighted by Crippen LogP contribution is 2.32. The first kappa shape index (κ1) is 17.7. The van der Waals surface area contributed by atoms with Crippen LogP contribution in [0.25, 0.3) is 11.1 Å². The van der Waals surface area contributed by atoms with E-state index in [-0.39, 0.29) is 23.2 Å². The van der Waals surface area contributed by atoms with Crippen molar-refractivity contribution in [1.82, 2.24) is 0 Å². The van der Waals surface area contributed by atoms with Crippen LogP contribution in [0.1, 0.15) is 23.2 Å². The summed E-state index contributed by atoms with van der Waals surface area (Å²) in [6, 6.07) is 22.0. The van der Waals surface area contributed by atoms with Crippen LogP contribution in [0.15, 0.2) is 72.8 Å². The van der Waals surface area contributed by atoms with Gasteiger partial charge in [-0.3, -0.25) is 14.9 Å². The van der Waals surface area contributed by atoms with Crippen LogP contribution in [0.5, 0.6) is 0 Å². The zero-order valence-corrected chi connectivity index (χ0v) is 15.1. The zero-order chi connectivity index (χ0) is 19.5. The molecule has 3 aromatic carbocycles. The van der Waals surface area contributed by atoms with Gasteiger partial charge in [0.25, 0.3) is 11.6 Å². The van der Waals surface area contributed by atoms with E-state index in [4.69, 9.17) is 0 Å². The van der Waals surface area contributed by atoms with Gasteiger partial charge in [0, 0.05) is 28.9 Å². The summed E-state index contributed by atoms with van der Waals surface area (Å²) in [5, 5.41) is 17.5. The molecule has 1 aliphatic rings. The molecule has 0 unspecified atom stereocenters. The van der Waals surface area contributed by atoms with Crippen LogP contribution in [-0.2, 0) is 0 Å². The van der Waals surface area contributed by atoms with Crippen LogP contribution in [0.3, 0.4) is 0 Å². The van der Waals surface area contributed by atoms with Gasteiger partial charge in [0.1, 0.15) is 5.69 Å². The molecule has 140 valence electrons. The highest BCUT2D eigenvalue weighted by atomic mass is 16.6. The van der Waals surface area contributed by atoms with Crippen LogP contribution < -0.4 is 10.6 Å². The Bertz CT molecular complexity index is 1030. The molecule has 1 fully saturated rings. The molecular weight excluding hydrogens is 354 g/mol. The molecule has 0 aliphatic heterocycles. The van der Waals surface area contributed by atoms with Gasteiger partial charge in [-0.15, -0.1) is 0 Å². The number of nitro groups is 1. The standard InChI is InChI=1S/C22H19N3O3/c26-22(16-10-13-20(23-17-11-12-17)21(14-16)25(27)28)24-19-9-5-4-8-18(19)15-6-2-1-3-7-15/h1-10,13-14,17,23H,11-12H2,(H,24,26). The van der Waals surface area contributed by atoms with Crippen molar-refractivity contribution in [3.63, 3.8) is 0 Å². The van der Waals surface area contributed by atoms with Crippen molar-refractivity contribution in [2.24, 2.45) is 0 Å². The third-order valence-electron chi connectivity index (χ3n) is 4.65. The van der Waals surface area contributed by atoms with Gasteiger partial charge in [-0.2, -0.15) is 0 Å². The number of hydrogen-bond acceptors (Lipinski definition) is 4. The van der Waals surface area contributed by atoms with Crippen molar-refractivity contribution in [2.45, 2.75) is 18.9 Å². The van der Waals surface area contributed by atoms with Crippen molar-refractivity contribution in [2.75, 3.05) is 10.6 Å². The first-order chi connectivity index (χ1) is 13.6. The highest BCUT2D eigenvalue weighted by Gasteiger charge is 2.25. The van der Waals surface area contributed by atoms with E-state index in [0.717, 1.165) is 24.0 Å². The molecule has 1 saturated carbocycles. The Kier molecular flexibility index (Phi) is 4.76. The third kappa shape index (κ3) is 3.86. The molecule has 4 rings (SSSR count). The molecule has 1 amide bonds. The quantitative estimate of drug-likeness (QED) is 0.466. The number of nitrogens with zero attached hydrogens (tertiary/aromatic N) is 1. The van der Waals surface area contributed by atoms with Crippen molar-refractivity contribution >= 4 is 23.0 Å². The summed E-state index contributed by atoms with van der Waals surface area (Å²) in [5.41, 5.74) is 3.13. The summed E-state index contributed by atoms with van der Waals surface area (Å²) in [5.74, 6) is -0.385. The number of rotatable bonds is 6. The minimum absolute atomic E-state index is 0.0871. The Morgan fingerprint density at radius 2 is 1.64 bits per heavy atom. The number of anilines is 2. The van der Waals surface area contributed by atoms with Gasteiger partial charge < -0.3 is 10.6 Å². The molecular formula is C22H19N3O3. The second-order valence-electron chi connectivity index (χ2n) is 6.77. The normalized spacial score (nSPS) is 13.0. The van der Waals surface area contributed by atoms with E-state index < -0.39 is 4.92 Å². The number of nitro benzene ring substituents is 1. The van der Waals surface area contributed by atoms with Crippen molar-refractivity contribution < 1.29 is 9.72 Å². The smallest absolute Gasteiger partial charge is 0.293 e. The predicted molar refractivity (Wildman–Crippen MR) is 110 cm³/mol. The first-order valence-corrected chi connectivity index (χ1v) is 9.12. The predicted octanol–water partition coefficient (Wildman–Crippen LogP) is 5.09. The molecule has 0 aromatic heterocycles. The lowest BCUT2D eigenvalue weighted by Gasteiger charge is -2.12. The summed E-state index contributed by atoms with van der Waals surface area (Å²) in [6.07, 6.45) is 2.02. The lowest BCUT2D eigenvalue weighted by Crippen LogP contribution is -2.13. The molecule has 2 N–H and O–H groups in total. The molecule has 0 bridgehead atoms. The Labute approximate surface area is 162 Å². The Hall–Kier alpha value is -3.67. The number of carbonyl (C=O) groups excluding carboxylic acids is 1. The van der Waals surface area contributed by atoms with E-state index in [2.05, 4.69) is 10.6 Å². The summed E-state index contributed by atoms with van der Waals surface area (Å²) >= 11 is 0. The van der Waals surface area contributed by atoms with E-state index in [9.17, 15) is 14.9 Å². The molecule has 28 heavy (non-hydrogen) atoms. The van der Waals surface area contributed by atoms with Gasteiger partial charge in [-0.05, 0) is 36.6 Å². The fraction of sp³-hybridized carbons (Fsp3) is 0.136. The Morgan fingerprint density at radius 1 is 0.929 bits per heavy atom. The minimum atomic E-state index is -0.459. The topological polar surface area (TPSA) is 84.3 Å². The van der Waals surface area contributed by atoms with E-state index in [1.165, 1.54) is 6.07 Å². The summed E-state index contributed by atoms with van der Waals surface area (Å²) < 4.78 is 0. The number of amides is 1. The van der Waals surface area contributed by atoms with E-state index in [1.807, 2.05) is 54.6 Å². The largest absolute Gasteiger partial charge is 0.377 e. The highest BCUT2D eigenvalue weighted by molar-refractivity contribution is 6.07. The fourth-order valence-corrected chi connectivity index (χ4v) is 3.05. The van der Waals surface area contributed by atoms with Crippen LogP contribution in [0.4, 0.5) is 17.1 Å². The lowest BCUT2D eigenvalue weighted by molar-refractivity contribution is -0.384. The van der Waals surface area contributed by atoms with Crippen LogP contribution in [0, 0.1) is 10.1 Å². The minimum Gasteiger partial charge on any atom is -0.377 e. The number of nitrogens with one attached hydrogen (secondary N) is 2. The Morgan fingerprint density at radius 3 is 2.36 bits per heavy atom.